The molecule has 1 fully saturated rings. The highest BCUT2D eigenvalue weighted by molar-refractivity contribution is 5.51. The fourth-order valence-electron chi connectivity index (χ4n) is 2.06. The molecule has 0 bridgehead atoms. The second kappa shape index (κ2) is 3.79. The fourth-order valence-corrected chi connectivity index (χ4v) is 2.06. The molecule has 15 heavy (non-hydrogen) atoms. The summed E-state index contributed by atoms with van der Waals surface area (Å²) < 4.78 is 13.2. The first kappa shape index (κ1) is 10.4. The van der Waals surface area contributed by atoms with Gasteiger partial charge in [0.2, 0.25) is 0 Å². The Hall–Kier alpha value is -1.13. The van der Waals surface area contributed by atoms with Crippen LogP contribution in [0.4, 0.5) is 10.1 Å². The summed E-state index contributed by atoms with van der Waals surface area (Å²) in [6.07, 6.45) is 1.49. The van der Waals surface area contributed by atoms with Crippen LogP contribution in [-0.4, -0.2) is 18.2 Å². The van der Waals surface area contributed by atoms with Gasteiger partial charge in [-0.1, -0.05) is 12.1 Å². The fraction of sp³-hybridized carbons (Fsp3) is 0.455. The predicted molar refractivity (Wildman–Crippen MR) is 56.8 cm³/mol. The lowest BCUT2D eigenvalue weighted by molar-refractivity contribution is 0.0128. The minimum absolute atomic E-state index is 0.0590. The Morgan fingerprint density at radius 3 is 2.93 bits per heavy atom. The van der Waals surface area contributed by atoms with Gasteiger partial charge in [-0.15, -0.1) is 0 Å². The van der Waals surface area contributed by atoms with Crippen LogP contribution in [0.5, 0.6) is 0 Å². The number of nitrogen functional groups attached to an aromatic ring is 1. The maximum atomic E-state index is 13.2. The molecule has 0 aliphatic carbocycles. The van der Waals surface area contributed by atoms with Crippen LogP contribution < -0.4 is 11.1 Å². The number of anilines is 1. The van der Waals surface area contributed by atoms with E-state index in [0.717, 1.165) is 13.0 Å². The van der Waals surface area contributed by atoms with Gasteiger partial charge in [0.05, 0.1) is 5.69 Å². The molecule has 1 aromatic carbocycles. The van der Waals surface area contributed by atoms with Crippen LogP contribution in [0, 0.1) is 5.82 Å². The molecule has 1 unspecified atom stereocenters. The molecule has 4 heteroatoms. The maximum absolute atomic E-state index is 13.2. The minimum atomic E-state index is -1.02. The van der Waals surface area contributed by atoms with E-state index in [9.17, 15) is 9.50 Å². The number of benzene rings is 1. The second-order valence-electron chi connectivity index (χ2n) is 4.01. The molecule has 0 saturated carbocycles. The zero-order valence-electron chi connectivity index (χ0n) is 8.46. The van der Waals surface area contributed by atoms with Gasteiger partial charge in [0.15, 0.2) is 0 Å². The van der Waals surface area contributed by atoms with Crippen molar-refractivity contribution >= 4 is 5.69 Å². The number of halogens is 1. The third-order valence-electron chi connectivity index (χ3n) is 2.92. The summed E-state index contributed by atoms with van der Waals surface area (Å²) >= 11 is 0. The van der Waals surface area contributed by atoms with Crippen LogP contribution in [0.1, 0.15) is 18.4 Å². The van der Waals surface area contributed by atoms with E-state index in [1.165, 1.54) is 6.07 Å². The Bertz CT molecular complexity index is 362. The lowest BCUT2D eigenvalue weighted by Gasteiger charge is -2.33. The number of para-hydroxylation sites is 1. The zero-order valence-corrected chi connectivity index (χ0v) is 8.46. The van der Waals surface area contributed by atoms with E-state index in [0.29, 0.717) is 18.5 Å². The molecule has 4 N–H and O–H groups in total. The molecule has 1 aliphatic rings. The summed E-state index contributed by atoms with van der Waals surface area (Å²) in [6.45, 7) is 1.32. The number of hydrogen-bond acceptors (Lipinski definition) is 3. The first-order chi connectivity index (χ1) is 7.13. The van der Waals surface area contributed by atoms with Gasteiger partial charge in [0.25, 0.3) is 0 Å². The lowest BCUT2D eigenvalue weighted by Crippen LogP contribution is -2.43. The highest BCUT2D eigenvalue weighted by Crippen LogP contribution is 2.33. The molecule has 0 spiro atoms. The van der Waals surface area contributed by atoms with E-state index in [2.05, 4.69) is 5.32 Å². The third-order valence-corrected chi connectivity index (χ3v) is 2.92. The van der Waals surface area contributed by atoms with Gasteiger partial charge in [-0.3, -0.25) is 0 Å². The maximum Gasteiger partial charge on any atom is 0.146 e. The molecule has 0 amide bonds. The summed E-state index contributed by atoms with van der Waals surface area (Å²) in [4.78, 5) is 0. The number of nitrogens with two attached hydrogens (primary N) is 1. The van der Waals surface area contributed by atoms with E-state index in [-0.39, 0.29) is 5.69 Å². The topological polar surface area (TPSA) is 58.3 Å². The zero-order chi connectivity index (χ0) is 10.9. The van der Waals surface area contributed by atoms with Crippen LogP contribution in [0.2, 0.25) is 0 Å². The van der Waals surface area contributed by atoms with E-state index < -0.39 is 11.4 Å². The quantitative estimate of drug-likeness (QED) is 0.605. The Balaban J connectivity index is 2.39. The summed E-state index contributed by atoms with van der Waals surface area (Å²) in [6, 6.07) is 4.57. The van der Waals surface area contributed by atoms with Gasteiger partial charge in [-0.2, -0.15) is 0 Å². The van der Waals surface area contributed by atoms with Crippen molar-refractivity contribution in [1.82, 2.24) is 5.32 Å². The molecule has 1 atom stereocenters. The molecule has 0 radical (unpaired) electrons. The van der Waals surface area contributed by atoms with Gasteiger partial charge < -0.3 is 16.2 Å². The molecular weight excluding hydrogens is 195 g/mol. The smallest absolute Gasteiger partial charge is 0.146 e. The number of rotatable bonds is 1. The molecular formula is C11H15FN2O. The number of nitrogens with one attached hydrogen (secondary N) is 1. The lowest BCUT2D eigenvalue weighted by atomic mass is 9.85. The number of aliphatic hydroxyl groups is 1. The van der Waals surface area contributed by atoms with Gasteiger partial charge in [0.1, 0.15) is 11.4 Å². The van der Waals surface area contributed by atoms with E-state index >= 15 is 0 Å². The minimum Gasteiger partial charge on any atom is -0.396 e. The summed E-state index contributed by atoms with van der Waals surface area (Å²) in [5.41, 5.74) is 5.17. The monoisotopic (exact) mass is 210 g/mol. The summed E-state index contributed by atoms with van der Waals surface area (Å²) in [7, 11) is 0. The van der Waals surface area contributed by atoms with Gasteiger partial charge in [-0.25, -0.2) is 4.39 Å². The molecule has 3 nitrogen and oxygen atoms in total. The van der Waals surface area contributed by atoms with Crippen LogP contribution in [0.3, 0.4) is 0 Å². The standard InChI is InChI=1S/C11H15FN2O/c12-9-4-1-3-8(10(9)13)11(15)5-2-6-14-7-11/h1,3-4,14-15H,2,5-7,13H2. The largest absolute Gasteiger partial charge is 0.396 e. The Labute approximate surface area is 88.1 Å². The van der Waals surface area contributed by atoms with Gasteiger partial charge >= 0.3 is 0 Å². The van der Waals surface area contributed by atoms with Crippen LogP contribution in [0.25, 0.3) is 0 Å². The van der Waals surface area contributed by atoms with E-state index in [1.54, 1.807) is 12.1 Å². The van der Waals surface area contributed by atoms with Crippen molar-refractivity contribution in [1.29, 1.82) is 0 Å². The molecule has 1 aliphatic heterocycles. The molecule has 1 saturated heterocycles. The van der Waals surface area contributed by atoms with E-state index in [1.807, 2.05) is 0 Å². The van der Waals surface area contributed by atoms with Crippen LogP contribution in [-0.2, 0) is 5.60 Å². The SMILES string of the molecule is Nc1c(F)cccc1C1(O)CCCNC1. The van der Waals surface area contributed by atoms with Crippen molar-refractivity contribution in [2.75, 3.05) is 18.8 Å². The van der Waals surface area contributed by atoms with Crippen LogP contribution in [0.15, 0.2) is 18.2 Å². The molecule has 82 valence electrons. The average molecular weight is 210 g/mol. The molecule has 2 rings (SSSR count). The highest BCUT2D eigenvalue weighted by Gasteiger charge is 2.33. The van der Waals surface area contributed by atoms with Gasteiger partial charge in [0, 0.05) is 12.1 Å². The van der Waals surface area contributed by atoms with Crippen molar-refractivity contribution in [2.45, 2.75) is 18.4 Å². The summed E-state index contributed by atoms with van der Waals surface area (Å²) in [5, 5.41) is 13.4. The number of β-amino-alcohol motifs (C(OH)–C–C–N with tert-alkyl or cyclic N) is 1. The Kier molecular flexibility index (Phi) is 2.63. The highest BCUT2D eigenvalue weighted by atomic mass is 19.1. The van der Waals surface area contributed by atoms with E-state index in [4.69, 9.17) is 5.73 Å². The Morgan fingerprint density at radius 2 is 2.27 bits per heavy atom. The van der Waals surface area contributed by atoms with Crippen molar-refractivity contribution in [3.8, 4) is 0 Å². The van der Waals surface area contributed by atoms with Crippen molar-refractivity contribution in [2.24, 2.45) is 0 Å². The predicted octanol–water partition coefficient (Wildman–Crippen LogP) is 0.979. The second-order valence-corrected chi connectivity index (χ2v) is 4.01. The first-order valence-electron chi connectivity index (χ1n) is 5.11. The summed E-state index contributed by atoms with van der Waals surface area (Å²) in [5.74, 6) is -0.466. The van der Waals surface area contributed by atoms with Crippen LogP contribution >= 0.6 is 0 Å². The Morgan fingerprint density at radius 1 is 1.47 bits per heavy atom. The van der Waals surface area contributed by atoms with Crippen molar-refractivity contribution in [3.05, 3.63) is 29.6 Å². The molecule has 1 aromatic rings. The van der Waals surface area contributed by atoms with Crippen molar-refractivity contribution < 1.29 is 9.50 Å². The molecule has 0 aromatic heterocycles. The first-order valence-corrected chi connectivity index (χ1v) is 5.11. The van der Waals surface area contributed by atoms with Crippen molar-refractivity contribution in [3.63, 3.8) is 0 Å². The molecule has 1 heterocycles. The average Bonchev–Trinajstić information content (AvgIpc) is 2.23. The normalized spacial score (nSPS) is 26.5. The number of piperidine rings is 1. The van der Waals surface area contributed by atoms with Gasteiger partial charge in [-0.05, 0) is 25.5 Å². The number of hydrogen-bond donors (Lipinski definition) is 3. The third kappa shape index (κ3) is 1.82.